The quantitative estimate of drug-likeness (QED) is 0.0324. The highest BCUT2D eigenvalue weighted by Crippen LogP contribution is 2.45. The van der Waals surface area contributed by atoms with Gasteiger partial charge in [0.15, 0.2) is 39.8 Å². The minimum atomic E-state index is -6.09. The molecule has 0 saturated heterocycles. The van der Waals surface area contributed by atoms with Crippen molar-refractivity contribution in [1.82, 2.24) is 0 Å². The van der Waals surface area contributed by atoms with Crippen LogP contribution in [0.15, 0.2) is 158 Å². The summed E-state index contributed by atoms with van der Waals surface area (Å²) in [5, 5.41) is 0. The molecule has 0 radical (unpaired) electrons. The van der Waals surface area contributed by atoms with Crippen LogP contribution in [0.1, 0.15) is 101 Å². The van der Waals surface area contributed by atoms with Crippen molar-refractivity contribution in [3.63, 3.8) is 0 Å². The maximum absolute atomic E-state index is 10.7. The van der Waals surface area contributed by atoms with E-state index in [9.17, 15) is 26.3 Å². The summed E-state index contributed by atoms with van der Waals surface area (Å²) < 4.78 is 123. The van der Waals surface area contributed by atoms with Crippen molar-refractivity contribution in [2.24, 2.45) is 0 Å². The second kappa shape index (κ2) is 27.5. The summed E-state index contributed by atoms with van der Waals surface area (Å²) >= 11 is 5.88. The Labute approximate surface area is 421 Å². The van der Waals surface area contributed by atoms with Gasteiger partial charge in [0, 0.05) is 12.1 Å². The summed E-state index contributed by atoms with van der Waals surface area (Å²) in [6, 6.07) is 47.6. The topological polar surface area (TPSA) is 114 Å². The van der Waals surface area contributed by atoms with Crippen LogP contribution in [-0.4, -0.2) is 37.0 Å². The lowest BCUT2D eigenvalue weighted by Crippen LogP contribution is -2.21. The van der Waals surface area contributed by atoms with E-state index < -0.39 is 31.3 Å². The summed E-state index contributed by atoms with van der Waals surface area (Å²) in [4.78, 5) is 5.64. The molecule has 2 aromatic heterocycles. The third kappa shape index (κ3) is 18.7. The first-order valence-electron chi connectivity index (χ1n) is 22.3. The van der Waals surface area contributed by atoms with Crippen molar-refractivity contribution in [2.45, 2.75) is 152 Å². The first kappa shape index (κ1) is 58.3. The first-order chi connectivity index (χ1) is 32.6. The molecule has 0 fully saturated rings. The average molecular weight is 1090 g/mol. The Hall–Kier alpha value is -3.27. The molecule has 0 spiro atoms. The number of rotatable bonds is 20. The number of benzene rings is 4. The zero-order valence-corrected chi connectivity index (χ0v) is 44.3. The minimum absolute atomic E-state index is 0.131. The molecule has 19 heteroatoms. The molecule has 376 valence electrons. The molecule has 0 aliphatic heterocycles. The Morgan fingerprint density at radius 2 is 0.638 bits per heavy atom. The Bertz CT molecular complexity index is 2380. The number of unbranched alkanes of at least 4 members (excludes halogenated alkanes) is 4. The smallest absolute Gasteiger partial charge is 0.485 e. The van der Waals surface area contributed by atoms with E-state index in [0.29, 0.717) is 0 Å². The number of aryl methyl sites for hydroxylation is 4. The van der Waals surface area contributed by atoms with Crippen LogP contribution in [0, 0.1) is 0 Å². The molecule has 6 aromatic rings. The van der Waals surface area contributed by atoms with E-state index in [4.69, 9.17) is 25.9 Å². The fraction of sp³-hybridized carbons (Fsp3) is 0.360. The highest BCUT2D eigenvalue weighted by atomic mass is 32.2. The summed E-state index contributed by atoms with van der Waals surface area (Å²) in [7, 11) is -12.4. The second-order valence-corrected chi connectivity index (χ2v) is 26.7. The lowest BCUT2D eigenvalue weighted by Gasteiger charge is -2.08. The van der Waals surface area contributed by atoms with E-state index in [1.54, 1.807) is 0 Å². The minimum Gasteiger partial charge on any atom is -0.741 e. The molecule has 6 rings (SSSR count). The molecule has 0 amide bonds. The highest BCUT2D eigenvalue weighted by Gasteiger charge is 2.38. The number of hydrogen-bond acceptors (Lipinski definition) is 9. The first-order valence-corrected chi connectivity index (χ1v) is 30.1. The Morgan fingerprint density at radius 1 is 0.420 bits per heavy atom. The van der Waals surface area contributed by atoms with E-state index in [0.717, 1.165) is 25.7 Å². The van der Waals surface area contributed by atoms with Crippen LogP contribution in [0.2, 0.25) is 0 Å². The van der Waals surface area contributed by atoms with Crippen LogP contribution in [-0.2, 0) is 67.7 Å². The van der Waals surface area contributed by atoms with Crippen LogP contribution in [0.5, 0.6) is 0 Å². The molecular weight excluding hydrogens is 1040 g/mol. The van der Waals surface area contributed by atoms with Crippen molar-refractivity contribution in [2.75, 3.05) is 0 Å². The van der Waals surface area contributed by atoms with Crippen LogP contribution >= 0.6 is 34.4 Å². The summed E-state index contributed by atoms with van der Waals surface area (Å²) in [5.74, 6) is 0. The van der Waals surface area contributed by atoms with Crippen LogP contribution in [0.3, 0.4) is 0 Å². The van der Waals surface area contributed by atoms with E-state index in [2.05, 4.69) is 149 Å². The van der Waals surface area contributed by atoms with Crippen LogP contribution < -0.4 is 0 Å². The number of alkyl halides is 6. The zero-order valence-electron chi connectivity index (χ0n) is 38.6. The summed E-state index contributed by atoms with van der Waals surface area (Å²) in [5.41, 5.74) is -5.50. The lowest BCUT2D eigenvalue weighted by atomic mass is 10.1. The van der Waals surface area contributed by atoms with E-state index in [-0.39, 0.29) is 21.8 Å². The third-order valence-electron chi connectivity index (χ3n) is 10.2. The molecule has 0 bridgehead atoms. The van der Waals surface area contributed by atoms with Gasteiger partial charge in [-0.2, -0.15) is 26.3 Å². The predicted molar refractivity (Wildman–Crippen MR) is 269 cm³/mol. The van der Waals surface area contributed by atoms with Gasteiger partial charge >= 0.3 is 11.0 Å². The largest absolute Gasteiger partial charge is 0.741 e. The molecule has 0 aliphatic carbocycles. The summed E-state index contributed by atoms with van der Waals surface area (Å²) in [6.07, 6.45) is 14.6. The van der Waals surface area contributed by atoms with E-state index in [1.165, 1.54) is 110 Å². The van der Waals surface area contributed by atoms with Gasteiger partial charge in [0.1, 0.15) is 21.8 Å². The predicted octanol–water partition coefficient (Wildman–Crippen LogP) is 15.6. The van der Waals surface area contributed by atoms with E-state index >= 15 is 0 Å². The fourth-order valence-corrected chi connectivity index (χ4v) is 15.6. The molecule has 69 heavy (non-hydrogen) atoms. The maximum atomic E-state index is 10.7. The molecule has 0 unspecified atom stereocenters. The molecule has 0 atom stereocenters. The number of thiophene rings is 2. The second-order valence-electron chi connectivity index (χ2n) is 15.7. The molecular formula is C50H56F6O6S7. The molecule has 6 nitrogen and oxygen atoms in total. The van der Waals surface area contributed by atoms with Gasteiger partial charge in [0.25, 0.3) is 0 Å². The van der Waals surface area contributed by atoms with Gasteiger partial charge in [0.05, 0.1) is 8.42 Å². The normalized spacial score (nSPS) is 12.1. The van der Waals surface area contributed by atoms with Gasteiger partial charge in [0.2, 0.25) is 8.42 Å². The molecule has 4 aromatic carbocycles. The highest BCUT2D eigenvalue weighted by molar-refractivity contribution is 8.04. The summed E-state index contributed by atoms with van der Waals surface area (Å²) in [6.45, 7) is 9.10. The SMILES string of the molecule is CCCCc1ccc([S+](c2ccc(CCCC)cc2)c2ccc(Sc3ccc([S+](c4ccc(CCCC)cc4)c4ccc(CCCC)cc4)s3)s2)cc1.O=S(=O)([O-])C(F)(F)F.O=S(=O)([O-])C(F)(F)F. The van der Waals surface area contributed by atoms with Gasteiger partial charge in [-0.15, -0.1) is 0 Å². The van der Waals surface area contributed by atoms with Gasteiger partial charge in [-0.3, -0.25) is 0 Å². The molecule has 2 heterocycles. The number of hydrogen-bond donors (Lipinski definition) is 0. The van der Waals surface area contributed by atoms with Crippen molar-refractivity contribution in [1.29, 1.82) is 0 Å². The Kier molecular flexibility index (Phi) is 23.3. The van der Waals surface area contributed by atoms with E-state index in [1.807, 2.05) is 34.4 Å². The maximum Gasteiger partial charge on any atom is 0.485 e. The Morgan fingerprint density at radius 3 is 0.826 bits per heavy atom. The van der Waals surface area contributed by atoms with Crippen molar-refractivity contribution in [3.8, 4) is 0 Å². The third-order valence-corrected chi connectivity index (χ3v) is 19.9. The monoisotopic (exact) mass is 1090 g/mol. The average Bonchev–Trinajstić information content (AvgIpc) is 3.97. The van der Waals surface area contributed by atoms with Crippen molar-refractivity contribution < 1.29 is 52.3 Å². The van der Waals surface area contributed by atoms with Crippen LogP contribution in [0.4, 0.5) is 26.3 Å². The van der Waals surface area contributed by atoms with Crippen molar-refractivity contribution in [3.05, 3.63) is 144 Å². The fourth-order valence-electron chi connectivity index (χ4n) is 6.46. The van der Waals surface area contributed by atoms with Gasteiger partial charge < -0.3 is 9.11 Å². The lowest BCUT2D eigenvalue weighted by molar-refractivity contribution is -0.0522. The van der Waals surface area contributed by atoms with Crippen molar-refractivity contribution >= 4 is 76.5 Å². The molecule has 0 saturated carbocycles. The standard InChI is InChI=1S/C48H56S5.2CHF3O3S/c1-5-9-13-37-17-25-41(26-18-37)52(42-27-19-38(20-28-42)14-10-6-2)47-35-33-45(50-47)49-46-34-36-48(51-46)53(43-29-21-39(22-30-43)15-11-7-3)44-31-23-40(24-32-44)16-12-8-4;2*2-1(3,4)8(5,6)7/h17-36H,5-16H2,1-4H3;2*(H,5,6,7)/q+2;;/p-2. The number of halogens is 6. The Balaban J connectivity index is 0.000000555. The van der Waals surface area contributed by atoms with Gasteiger partial charge in [-0.1, -0.05) is 136 Å². The van der Waals surface area contributed by atoms with Crippen LogP contribution in [0.25, 0.3) is 0 Å². The molecule has 0 aliphatic rings. The van der Waals surface area contributed by atoms with Gasteiger partial charge in [-0.25, -0.2) is 16.8 Å². The molecule has 0 N–H and O–H groups in total. The van der Waals surface area contributed by atoms with Gasteiger partial charge in [-0.05, 0) is 134 Å². The zero-order chi connectivity index (χ0) is 50.8.